The summed E-state index contributed by atoms with van der Waals surface area (Å²) in [6.45, 7) is -0.616. The fourth-order valence-electron chi connectivity index (χ4n) is 4.87. The number of rotatable bonds is 10. The number of ether oxygens (including phenoxy) is 5. The maximum absolute atomic E-state index is 13.5. The van der Waals surface area contributed by atoms with E-state index in [4.69, 9.17) is 23.7 Å². The van der Waals surface area contributed by atoms with Gasteiger partial charge in [0.05, 0.1) is 22.3 Å². The van der Waals surface area contributed by atoms with E-state index in [9.17, 15) is 29.7 Å². The van der Waals surface area contributed by atoms with Crippen LogP contribution in [-0.2, 0) is 23.7 Å². The summed E-state index contributed by atoms with van der Waals surface area (Å²) >= 11 is 0.296. The number of benzene rings is 4. The van der Waals surface area contributed by atoms with E-state index in [2.05, 4.69) is 0 Å². The van der Waals surface area contributed by atoms with E-state index < -0.39 is 59.8 Å². The van der Waals surface area contributed by atoms with Gasteiger partial charge in [0.1, 0.15) is 24.2 Å². The van der Waals surface area contributed by atoms with E-state index in [0.29, 0.717) is 11.8 Å². The Balaban J connectivity index is 1.59. The summed E-state index contributed by atoms with van der Waals surface area (Å²) in [7, 11) is 0. The molecular weight excluding hydrogens is 636 g/mol. The van der Waals surface area contributed by atoms with Crippen molar-refractivity contribution in [3.05, 3.63) is 144 Å². The predicted octanol–water partition coefficient (Wildman–Crippen LogP) is 5.35. The molecule has 4 aromatic carbocycles. The molecule has 11 nitrogen and oxygen atoms in total. The van der Waals surface area contributed by atoms with E-state index in [1.54, 1.807) is 78.2 Å². The molecule has 0 spiro atoms. The number of hydrogen-bond acceptors (Lipinski definition) is 12. The van der Waals surface area contributed by atoms with Gasteiger partial charge in [-0.15, -0.1) is 0 Å². The minimum absolute atomic E-state index is 0.0798. The first-order chi connectivity index (χ1) is 23.3. The Morgan fingerprint density at radius 1 is 0.604 bits per heavy atom. The number of carbonyl (C=O) groups excluding carboxylic acids is 4. The van der Waals surface area contributed by atoms with E-state index in [1.807, 2.05) is 6.07 Å². The van der Waals surface area contributed by atoms with Gasteiger partial charge in [0.15, 0.2) is 18.3 Å². The molecule has 1 aliphatic rings. The van der Waals surface area contributed by atoms with Gasteiger partial charge in [-0.1, -0.05) is 72.8 Å². The van der Waals surface area contributed by atoms with Crippen molar-refractivity contribution < 1.29 is 42.9 Å². The van der Waals surface area contributed by atoms with E-state index >= 15 is 0 Å². The molecule has 1 fully saturated rings. The first kappa shape index (κ1) is 33.4. The van der Waals surface area contributed by atoms with Gasteiger partial charge in [0.25, 0.3) is 4.93 Å². The fourth-order valence-corrected chi connectivity index (χ4v) is 5.52. The highest BCUT2D eigenvalue weighted by Gasteiger charge is 2.62. The average molecular weight is 663 g/mol. The van der Waals surface area contributed by atoms with Gasteiger partial charge in [-0.3, -0.25) is 0 Å². The van der Waals surface area contributed by atoms with E-state index in [1.165, 1.54) is 48.5 Å². The van der Waals surface area contributed by atoms with E-state index in [-0.39, 0.29) is 22.3 Å². The van der Waals surface area contributed by atoms with Crippen molar-refractivity contribution in [1.82, 2.24) is 0 Å². The van der Waals surface area contributed by atoms with Gasteiger partial charge < -0.3 is 23.7 Å². The second-order valence-electron chi connectivity index (χ2n) is 10.3. The molecule has 0 amide bonds. The molecule has 1 heterocycles. The van der Waals surface area contributed by atoms with Gasteiger partial charge in [0.2, 0.25) is 0 Å². The molecule has 0 saturated carbocycles. The molecule has 0 bridgehead atoms. The largest absolute Gasteiger partial charge is 0.459 e. The van der Waals surface area contributed by atoms with Gasteiger partial charge in [-0.25, -0.2) is 19.2 Å². The molecule has 12 heteroatoms. The number of hydrogen-bond donors (Lipinski definition) is 0. The summed E-state index contributed by atoms with van der Waals surface area (Å²) in [5.74, 6) is -3.50. The lowest BCUT2D eigenvalue weighted by Crippen LogP contribution is -2.66. The third-order valence-corrected chi connectivity index (χ3v) is 7.99. The molecule has 0 unspecified atom stereocenters. The van der Waals surface area contributed by atoms with Crippen molar-refractivity contribution in [2.45, 2.75) is 29.3 Å². The third kappa shape index (κ3) is 7.70. The lowest BCUT2D eigenvalue weighted by atomic mass is 9.93. The predicted molar refractivity (Wildman–Crippen MR) is 170 cm³/mol. The molecule has 240 valence electrons. The number of nitriles is 2. The molecule has 0 N–H and O–H groups in total. The van der Waals surface area contributed by atoms with Crippen LogP contribution < -0.4 is 0 Å². The van der Waals surface area contributed by atoms with Gasteiger partial charge >= 0.3 is 23.9 Å². The topological polar surface area (TPSA) is 162 Å². The molecule has 4 aromatic rings. The van der Waals surface area contributed by atoms with Crippen LogP contribution in [0.5, 0.6) is 0 Å². The number of thioether (sulfide) groups is 1. The number of nitrogens with zero attached hydrogens (tertiary/aromatic N) is 2. The van der Waals surface area contributed by atoms with E-state index in [0.717, 1.165) is 0 Å². The van der Waals surface area contributed by atoms with Crippen LogP contribution in [0.25, 0.3) is 0 Å². The molecule has 0 aliphatic carbocycles. The van der Waals surface area contributed by atoms with Crippen molar-refractivity contribution in [2.24, 2.45) is 0 Å². The summed E-state index contributed by atoms with van der Waals surface area (Å²) in [5.41, 5.74) is 0.488. The molecule has 0 aromatic heterocycles. The number of carbonyl (C=O) groups is 4. The van der Waals surface area contributed by atoms with Crippen molar-refractivity contribution in [3.8, 4) is 11.5 Å². The molecule has 48 heavy (non-hydrogen) atoms. The second-order valence-corrected chi connectivity index (χ2v) is 11.3. The van der Waals surface area contributed by atoms with Crippen molar-refractivity contribution in [3.63, 3.8) is 0 Å². The summed E-state index contributed by atoms with van der Waals surface area (Å²) in [5, 5.41) is 22.1. The van der Waals surface area contributed by atoms with Crippen LogP contribution in [0, 0.1) is 22.0 Å². The number of esters is 4. The normalized spacial score (nSPS) is 21.4. The summed E-state index contributed by atoms with van der Waals surface area (Å²) in [4.78, 5) is 51.0. The van der Waals surface area contributed by atoms with Crippen molar-refractivity contribution >= 4 is 35.6 Å². The SMILES string of the molecule is N#CS[C@]1(C#N)O[C@H](COC(=O)c2ccccc2)[C@@H](OC(=O)c2ccccc2)[C@H](OC(=O)c2ccccc2)[C@H]1OC(=O)c1ccccc1. The summed E-state index contributed by atoms with van der Waals surface area (Å²) in [6.07, 6.45) is -6.69. The fraction of sp³-hybridized carbons (Fsp3) is 0.167. The number of thiocyanates is 1. The van der Waals surface area contributed by atoms with Crippen LogP contribution in [-0.4, -0.2) is 59.8 Å². The minimum atomic E-state index is -2.35. The molecule has 1 aliphatic heterocycles. The van der Waals surface area contributed by atoms with Crippen molar-refractivity contribution in [2.75, 3.05) is 6.61 Å². The van der Waals surface area contributed by atoms with Crippen LogP contribution in [0.15, 0.2) is 121 Å². The highest BCUT2D eigenvalue weighted by Crippen LogP contribution is 2.43. The Labute approximate surface area is 279 Å². The van der Waals surface area contributed by atoms with Crippen molar-refractivity contribution in [1.29, 1.82) is 10.5 Å². The smallest absolute Gasteiger partial charge is 0.338 e. The highest BCUT2D eigenvalue weighted by molar-refractivity contribution is 8.05. The Morgan fingerprint density at radius 2 is 1.00 bits per heavy atom. The molecule has 1 saturated heterocycles. The zero-order valence-corrected chi connectivity index (χ0v) is 25.9. The Bertz CT molecular complexity index is 1830. The van der Waals surface area contributed by atoms with Crippen LogP contribution in [0.3, 0.4) is 0 Å². The zero-order chi connectivity index (χ0) is 33.9. The quantitative estimate of drug-likeness (QED) is 0.122. The zero-order valence-electron chi connectivity index (χ0n) is 25.0. The molecular formula is C36H26N2O9S. The van der Waals surface area contributed by atoms with Gasteiger partial charge in [0, 0.05) is 11.8 Å². The molecule has 5 rings (SSSR count). The lowest BCUT2D eigenvalue weighted by molar-refractivity contribution is -0.226. The van der Waals surface area contributed by atoms with Crippen LogP contribution in [0.2, 0.25) is 0 Å². The Kier molecular flexibility index (Phi) is 10.8. The van der Waals surface area contributed by atoms with Gasteiger partial charge in [-0.05, 0) is 48.5 Å². The molecule has 5 atom stereocenters. The lowest BCUT2D eigenvalue weighted by Gasteiger charge is -2.46. The monoisotopic (exact) mass is 662 g/mol. The first-order valence-corrected chi connectivity index (χ1v) is 15.3. The Morgan fingerprint density at radius 3 is 1.42 bits per heavy atom. The maximum atomic E-state index is 13.5. The van der Waals surface area contributed by atoms with Crippen LogP contribution in [0.1, 0.15) is 41.4 Å². The standard InChI is InChI=1S/C36H26N2O9S/c37-22-36(48-23-38)31(46-35(42)27-19-11-4-12-20-27)30(45-34(41)26-17-9-3-10-18-26)29(44-33(40)25-15-7-2-8-16-25)28(47-36)21-43-32(39)24-13-5-1-6-14-24/h1-20,28-31H,21H2/t28-,29-,30+,31-,36+/m1/s1. The first-order valence-electron chi connectivity index (χ1n) is 14.5. The van der Waals surface area contributed by atoms with Crippen LogP contribution >= 0.6 is 11.8 Å². The summed E-state index contributed by atoms with van der Waals surface area (Å²) in [6, 6.07) is 33.4. The highest BCUT2D eigenvalue weighted by atomic mass is 32.2. The molecule has 0 radical (unpaired) electrons. The summed E-state index contributed by atoms with van der Waals surface area (Å²) < 4.78 is 29.3. The minimum Gasteiger partial charge on any atom is -0.459 e. The average Bonchev–Trinajstić information content (AvgIpc) is 3.14. The van der Waals surface area contributed by atoms with Gasteiger partial charge in [-0.2, -0.15) is 10.5 Å². The third-order valence-electron chi connectivity index (χ3n) is 7.18. The Hall–Kier alpha value is -5.95. The van der Waals surface area contributed by atoms with Crippen LogP contribution in [0.4, 0.5) is 0 Å². The second kappa shape index (κ2) is 15.6. The maximum Gasteiger partial charge on any atom is 0.338 e.